The molecule has 0 radical (unpaired) electrons. The van der Waals surface area contributed by atoms with Crippen LogP contribution in [-0.2, 0) is 0 Å². The number of nitrogens with zero attached hydrogens (tertiary/aromatic N) is 5. The number of hydrogen-bond acceptors (Lipinski definition) is 5. The molecule has 0 bridgehead atoms. The fraction of sp³-hybridized carbons (Fsp3) is 0.182. The van der Waals surface area contributed by atoms with E-state index in [0.717, 1.165) is 16.6 Å². The lowest BCUT2D eigenvalue weighted by atomic mass is 10.00. The van der Waals surface area contributed by atoms with Crippen LogP contribution in [-0.4, -0.2) is 35.7 Å². The molecular weight excluding hydrogens is 399 g/mol. The lowest BCUT2D eigenvalue weighted by Gasteiger charge is -2.26. The van der Waals surface area contributed by atoms with Gasteiger partial charge in [-0.3, -0.25) is 9.13 Å². The largest absolute Gasteiger partial charge is 0.490 e. The molecule has 1 unspecified atom stereocenters. The SMILES string of the molecule is Cc1ccc2c(c1)ncn2-c1ncc2[nH]c(=O)n(C3CCOc4c(F)cccc43)c2n1. The number of aromatic amines is 1. The van der Waals surface area contributed by atoms with Crippen LogP contribution in [0.1, 0.15) is 23.6 Å². The van der Waals surface area contributed by atoms with E-state index in [9.17, 15) is 9.18 Å². The second kappa shape index (κ2) is 6.49. The molecule has 1 N–H and O–H groups in total. The number of rotatable bonds is 2. The lowest BCUT2D eigenvalue weighted by Crippen LogP contribution is -2.28. The number of H-pyrrole nitrogens is 1. The summed E-state index contributed by atoms with van der Waals surface area (Å²) in [4.78, 5) is 29.2. The molecule has 0 saturated heterocycles. The maximum Gasteiger partial charge on any atom is 0.328 e. The zero-order valence-corrected chi connectivity index (χ0v) is 16.5. The molecule has 0 fully saturated rings. The average Bonchev–Trinajstić information content (AvgIpc) is 3.33. The summed E-state index contributed by atoms with van der Waals surface area (Å²) < 4.78 is 23.1. The molecule has 3 aromatic heterocycles. The van der Waals surface area contributed by atoms with E-state index in [0.29, 0.717) is 35.7 Å². The zero-order valence-electron chi connectivity index (χ0n) is 16.5. The minimum atomic E-state index is -0.439. The predicted molar refractivity (Wildman–Crippen MR) is 112 cm³/mol. The van der Waals surface area contributed by atoms with Gasteiger partial charge in [0.2, 0.25) is 5.95 Å². The van der Waals surface area contributed by atoms with Gasteiger partial charge in [-0.15, -0.1) is 0 Å². The van der Waals surface area contributed by atoms with Gasteiger partial charge in [-0.05, 0) is 30.7 Å². The van der Waals surface area contributed by atoms with Crippen molar-refractivity contribution in [1.29, 1.82) is 0 Å². The smallest absolute Gasteiger partial charge is 0.328 e. The molecule has 1 atom stereocenters. The van der Waals surface area contributed by atoms with Crippen LogP contribution in [0, 0.1) is 12.7 Å². The lowest BCUT2D eigenvalue weighted by molar-refractivity contribution is 0.244. The predicted octanol–water partition coefficient (Wildman–Crippen LogP) is 3.28. The monoisotopic (exact) mass is 416 g/mol. The maximum atomic E-state index is 14.3. The van der Waals surface area contributed by atoms with Gasteiger partial charge in [0, 0.05) is 12.0 Å². The van der Waals surface area contributed by atoms with Gasteiger partial charge in [-0.1, -0.05) is 18.2 Å². The van der Waals surface area contributed by atoms with Gasteiger partial charge < -0.3 is 9.72 Å². The molecule has 1 aliphatic heterocycles. The maximum absolute atomic E-state index is 14.3. The fourth-order valence-electron chi connectivity index (χ4n) is 4.23. The standard InChI is InChI=1S/C22H17FN6O2/c1-12-5-6-18-15(9-12)25-11-28(18)21-24-10-16-20(27-21)29(22(30)26-16)17-7-8-31-19-13(17)3-2-4-14(19)23/h2-6,9-11,17H,7-8H2,1H3,(H,26,30). The number of nitrogens with one attached hydrogen (secondary N) is 1. The van der Waals surface area contributed by atoms with Crippen molar-refractivity contribution in [2.24, 2.45) is 0 Å². The highest BCUT2D eigenvalue weighted by Gasteiger charge is 2.28. The van der Waals surface area contributed by atoms with Gasteiger partial charge in [0.05, 0.1) is 29.9 Å². The Morgan fingerprint density at radius 2 is 2.13 bits per heavy atom. The quantitative estimate of drug-likeness (QED) is 0.477. The summed E-state index contributed by atoms with van der Waals surface area (Å²) >= 11 is 0. The first-order valence-corrected chi connectivity index (χ1v) is 9.93. The molecular formula is C22H17FN6O2. The Hall–Kier alpha value is -4.01. The second-order valence-electron chi connectivity index (χ2n) is 7.63. The second-order valence-corrected chi connectivity index (χ2v) is 7.63. The third kappa shape index (κ3) is 2.66. The number of benzene rings is 2. The molecule has 0 spiro atoms. The van der Waals surface area contributed by atoms with Crippen LogP contribution in [0.4, 0.5) is 4.39 Å². The summed E-state index contributed by atoms with van der Waals surface area (Å²) in [6, 6.07) is 10.3. The van der Waals surface area contributed by atoms with Crippen LogP contribution < -0.4 is 10.4 Å². The summed E-state index contributed by atoms with van der Waals surface area (Å²) in [5.74, 6) is 0.147. The number of hydrogen-bond donors (Lipinski definition) is 1. The van der Waals surface area contributed by atoms with E-state index in [4.69, 9.17) is 9.72 Å². The van der Waals surface area contributed by atoms with Gasteiger partial charge in [0.15, 0.2) is 17.2 Å². The van der Waals surface area contributed by atoms with Gasteiger partial charge in [-0.25, -0.2) is 19.2 Å². The molecule has 0 amide bonds. The molecule has 1 aliphatic rings. The molecule has 2 aromatic carbocycles. The van der Waals surface area contributed by atoms with Crippen LogP contribution in [0.5, 0.6) is 5.75 Å². The van der Waals surface area contributed by atoms with E-state index in [1.165, 1.54) is 6.07 Å². The Morgan fingerprint density at radius 1 is 1.23 bits per heavy atom. The molecule has 31 heavy (non-hydrogen) atoms. The van der Waals surface area contributed by atoms with E-state index < -0.39 is 11.9 Å². The van der Waals surface area contributed by atoms with Gasteiger partial charge in [-0.2, -0.15) is 4.98 Å². The van der Waals surface area contributed by atoms with Crippen molar-refractivity contribution in [3.8, 4) is 11.7 Å². The van der Waals surface area contributed by atoms with E-state index in [1.807, 2.05) is 25.1 Å². The molecule has 0 aliphatic carbocycles. The van der Waals surface area contributed by atoms with Gasteiger partial charge >= 0.3 is 5.69 Å². The first-order chi connectivity index (χ1) is 15.1. The average molecular weight is 416 g/mol. The van der Waals surface area contributed by atoms with Crippen molar-refractivity contribution in [2.75, 3.05) is 6.61 Å². The number of imidazole rings is 2. The summed E-state index contributed by atoms with van der Waals surface area (Å²) in [5, 5.41) is 0. The minimum Gasteiger partial charge on any atom is -0.490 e. The Morgan fingerprint density at radius 3 is 3.03 bits per heavy atom. The Labute approximate surface area is 175 Å². The van der Waals surface area contributed by atoms with Crippen LogP contribution >= 0.6 is 0 Å². The number of halogens is 1. The van der Waals surface area contributed by atoms with Crippen molar-refractivity contribution in [3.63, 3.8) is 0 Å². The van der Waals surface area contributed by atoms with Crippen molar-refractivity contribution >= 4 is 22.2 Å². The highest BCUT2D eigenvalue weighted by atomic mass is 19.1. The Balaban J connectivity index is 1.55. The molecule has 8 nitrogen and oxygen atoms in total. The van der Waals surface area contributed by atoms with Crippen LogP contribution in [0.25, 0.3) is 28.1 Å². The molecule has 9 heteroatoms. The third-order valence-electron chi connectivity index (χ3n) is 5.67. The summed E-state index contributed by atoms with van der Waals surface area (Å²) in [6.07, 6.45) is 3.77. The van der Waals surface area contributed by atoms with Gasteiger partial charge in [0.25, 0.3) is 0 Å². The molecule has 6 rings (SSSR count). The van der Waals surface area contributed by atoms with Crippen molar-refractivity contribution < 1.29 is 9.13 Å². The number of fused-ring (bicyclic) bond motifs is 3. The first kappa shape index (κ1) is 17.8. The number of aromatic nitrogens is 6. The third-order valence-corrected chi connectivity index (χ3v) is 5.67. The summed E-state index contributed by atoms with van der Waals surface area (Å²) in [6.45, 7) is 2.31. The van der Waals surface area contributed by atoms with Crippen LogP contribution in [0.15, 0.2) is 53.7 Å². The normalized spacial score (nSPS) is 15.9. The van der Waals surface area contributed by atoms with E-state index in [2.05, 4.69) is 15.0 Å². The fourth-order valence-corrected chi connectivity index (χ4v) is 4.23. The molecule has 0 saturated carbocycles. The van der Waals surface area contributed by atoms with Crippen molar-refractivity contribution in [1.82, 2.24) is 29.1 Å². The molecule has 4 heterocycles. The van der Waals surface area contributed by atoms with E-state index in [-0.39, 0.29) is 11.4 Å². The minimum absolute atomic E-state index is 0.185. The van der Waals surface area contributed by atoms with Crippen molar-refractivity contribution in [3.05, 3.63) is 76.4 Å². The first-order valence-electron chi connectivity index (χ1n) is 9.93. The number of aryl methyl sites for hydroxylation is 1. The van der Waals surface area contributed by atoms with Crippen molar-refractivity contribution in [2.45, 2.75) is 19.4 Å². The summed E-state index contributed by atoms with van der Waals surface area (Å²) in [7, 11) is 0. The molecule has 5 aromatic rings. The zero-order chi connectivity index (χ0) is 21.1. The number of ether oxygens (including phenoxy) is 1. The van der Waals surface area contributed by atoms with Gasteiger partial charge in [0.1, 0.15) is 11.8 Å². The highest BCUT2D eigenvalue weighted by Crippen LogP contribution is 2.36. The van der Waals surface area contributed by atoms with Crippen LogP contribution in [0.2, 0.25) is 0 Å². The number of para-hydroxylation sites is 1. The molecule has 154 valence electrons. The van der Waals surface area contributed by atoms with E-state index >= 15 is 0 Å². The van der Waals surface area contributed by atoms with E-state index in [1.54, 1.807) is 33.8 Å². The Bertz CT molecular complexity index is 1530. The van der Waals surface area contributed by atoms with Crippen LogP contribution in [0.3, 0.4) is 0 Å². The summed E-state index contributed by atoms with van der Waals surface area (Å²) in [5.41, 5.74) is 4.08. The Kier molecular flexibility index (Phi) is 3.73. The topological polar surface area (TPSA) is 90.6 Å². The highest BCUT2D eigenvalue weighted by molar-refractivity contribution is 5.78.